The molecule has 0 atom stereocenters. The largest absolute Gasteiger partial charge is 0.341 e. The molecule has 2 amide bonds. The number of urea groups is 1. The van der Waals surface area contributed by atoms with Crippen molar-refractivity contribution in [3.63, 3.8) is 0 Å². The maximum absolute atomic E-state index is 11.0. The SMILES string of the molecule is CNC(=O)Nc1nc2ccc(Cl)cc2[nH]1. The smallest absolute Gasteiger partial charge is 0.321 e. The lowest BCUT2D eigenvalue weighted by Crippen LogP contribution is -2.24. The first kappa shape index (κ1) is 9.79. The number of fused-ring (bicyclic) bond motifs is 1. The van der Waals surface area contributed by atoms with Crippen molar-refractivity contribution in [3.05, 3.63) is 23.2 Å². The van der Waals surface area contributed by atoms with Crippen LogP contribution in [-0.2, 0) is 0 Å². The van der Waals surface area contributed by atoms with Gasteiger partial charge in [-0.3, -0.25) is 5.32 Å². The van der Waals surface area contributed by atoms with Crippen LogP contribution >= 0.6 is 11.6 Å². The Morgan fingerprint density at radius 2 is 2.33 bits per heavy atom. The van der Waals surface area contributed by atoms with Crippen molar-refractivity contribution in [2.75, 3.05) is 12.4 Å². The van der Waals surface area contributed by atoms with Crippen LogP contribution in [0.15, 0.2) is 18.2 Å². The zero-order chi connectivity index (χ0) is 10.8. The van der Waals surface area contributed by atoms with E-state index < -0.39 is 0 Å². The Morgan fingerprint density at radius 3 is 3.07 bits per heavy atom. The molecule has 3 N–H and O–H groups in total. The molecule has 0 unspecified atom stereocenters. The molecule has 2 aromatic rings. The summed E-state index contributed by atoms with van der Waals surface area (Å²) in [5, 5.41) is 5.60. The molecular formula is C9H9ClN4O. The summed E-state index contributed by atoms with van der Waals surface area (Å²) in [7, 11) is 1.54. The fourth-order valence-corrected chi connectivity index (χ4v) is 1.38. The lowest BCUT2D eigenvalue weighted by molar-refractivity contribution is 0.254. The molecule has 5 nitrogen and oxygen atoms in total. The molecule has 0 radical (unpaired) electrons. The van der Waals surface area contributed by atoms with Crippen molar-refractivity contribution in [2.24, 2.45) is 0 Å². The zero-order valence-electron chi connectivity index (χ0n) is 7.97. The average molecular weight is 225 g/mol. The summed E-state index contributed by atoms with van der Waals surface area (Å²) in [6.45, 7) is 0. The summed E-state index contributed by atoms with van der Waals surface area (Å²) < 4.78 is 0. The third kappa shape index (κ3) is 2.02. The van der Waals surface area contributed by atoms with Crippen LogP contribution in [0.1, 0.15) is 0 Å². The summed E-state index contributed by atoms with van der Waals surface area (Å²) in [5.74, 6) is 0.395. The molecule has 1 aromatic heterocycles. The molecule has 0 aliphatic rings. The Kier molecular flexibility index (Phi) is 2.47. The minimum absolute atomic E-state index is 0.319. The lowest BCUT2D eigenvalue weighted by atomic mass is 10.3. The number of imidazole rings is 1. The fourth-order valence-electron chi connectivity index (χ4n) is 1.21. The van der Waals surface area contributed by atoms with Gasteiger partial charge in [0.25, 0.3) is 0 Å². The highest BCUT2D eigenvalue weighted by Gasteiger charge is 2.05. The second-order valence-electron chi connectivity index (χ2n) is 2.95. The number of carbonyl (C=O) groups is 1. The van der Waals surface area contributed by atoms with E-state index in [0.717, 1.165) is 11.0 Å². The minimum Gasteiger partial charge on any atom is -0.341 e. The number of aromatic amines is 1. The van der Waals surface area contributed by atoms with E-state index in [1.54, 1.807) is 18.2 Å². The van der Waals surface area contributed by atoms with Crippen molar-refractivity contribution in [2.45, 2.75) is 0 Å². The summed E-state index contributed by atoms with van der Waals surface area (Å²) in [4.78, 5) is 18.1. The number of hydrogen-bond acceptors (Lipinski definition) is 2. The summed E-state index contributed by atoms with van der Waals surface area (Å²) in [5.41, 5.74) is 1.54. The van der Waals surface area contributed by atoms with Crippen LogP contribution in [0.2, 0.25) is 5.02 Å². The number of amides is 2. The van der Waals surface area contributed by atoms with Gasteiger partial charge in [0.15, 0.2) is 0 Å². The van der Waals surface area contributed by atoms with Crippen molar-refractivity contribution < 1.29 is 4.79 Å². The lowest BCUT2D eigenvalue weighted by Gasteiger charge is -1.97. The summed E-state index contributed by atoms with van der Waals surface area (Å²) >= 11 is 5.81. The van der Waals surface area contributed by atoms with E-state index in [2.05, 4.69) is 20.6 Å². The monoisotopic (exact) mass is 224 g/mol. The molecule has 1 aromatic carbocycles. The molecule has 2 rings (SSSR count). The number of halogens is 1. The molecule has 0 saturated carbocycles. The first-order valence-electron chi connectivity index (χ1n) is 4.33. The van der Waals surface area contributed by atoms with Gasteiger partial charge in [-0.25, -0.2) is 9.78 Å². The molecule has 0 spiro atoms. The molecule has 0 saturated heterocycles. The van der Waals surface area contributed by atoms with Gasteiger partial charge in [0, 0.05) is 12.1 Å². The number of carbonyl (C=O) groups excluding carboxylic acids is 1. The highest BCUT2D eigenvalue weighted by molar-refractivity contribution is 6.31. The molecule has 0 aliphatic heterocycles. The topological polar surface area (TPSA) is 69.8 Å². The zero-order valence-corrected chi connectivity index (χ0v) is 8.72. The average Bonchev–Trinajstić information content (AvgIpc) is 2.59. The Labute approximate surface area is 90.8 Å². The Balaban J connectivity index is 2.34. The van der Waals surface area contributed by atoms with Crippen molar-refractivity contribution in [1.29, 1.82) is 0 Å². The Bertz CT molecular complexity index is 508. The van der Waals surface area contributed by atoms with Crippen molar-refractivity contribution in [3.8, 4) is 0 Å². The van der Waals surface area contributed by atoms with E-state index in [0.29, 0.717) is 11.0 Å². The second kappa shape index (κ2) is 3.78. The van der Waals surface area contributed by atoms with E-state index in [1.165, 1.54) is 7.05 Å². The van der Waals surface area contributed by atoms with E-state index in [4.69, 9.17) is 11.6 Å². The van der Waals surface area contributed by atoms with Crippen molar-refractivity contribution >= 4 is 34.6 Å². The number of rotatable bonds is 1. The molecular weight excluding hydrogens is 216 g/mol. The predicted octanol–water partition coefficient (Wildman–Crippen LogP) is 1.97. The van der Waals surface area contributed by atoms with Gasteiger partial charge in [-0.15, -0.1) is 0 Å². The van der Waals surface area contributed by atoms with Crippen LogP contribution in [0, 0.1) is 0 Å². The number of nitrogens with zero attached hydrogens (tertiary/aromatic N) is 1. The number of anilines is 1. The molecule has 0 aliphatic carbocycles. The fraction of sp³-hybridized carbons (Fsp3) is 0.111. The first-order chi connectivity index (χ1) is 7.19. The van der Waals surface area contributed by atoms with Gasteiger partial charge in [0.05, 0.1) is 11.0 Å². The molecule has 6 heteroatoms. The predicted molar refractivity (Wildman–Crippen MR) is 59.2 cm³/mol. The molecule has 0 fully saturated rings. The van der Waals surface area contributed by atoms with Gasteiger partial charge >= 0.3 is 6.03 Å². The highest BCUT2D eigenvalue weighted by atomic mass is 35.5. The van der Waals surface area contributed by atoms with Crippen molar-refractivity contribution in [1.82, 2.24) is 15.3 Å². The van der Waals surface area contributed by atoms with Gasteiger partial charge in [-0.05, 0) is 18.2 Å². The van der Waals surface area contributed by atoms with E-state index in [9.17, 15) is 4.79 Å². The normalized spacial score (nSPS) is 10.3. The van der Waals surface area contributed by atoms with Crippen LogP contribution in [0.3, 0.4) is 0 Å². The molecule has 0 bridgehead atoms. The Hall–Kier alpha value is -1.75. The van der Waals surface area contributed by atoms with Gasteiger partial charge in [-0.1, -0.05) is 11.6 Å². The number of H-pyrrole nitrogens is 1. The maximum Gasteiger partial charge on any atom is 0.321 e. The summed E-state index contributed by atoms with van der Waals surface area (Å²) in [6.07, 6.45) is 0. The van der Waals surface area contributed by atoms with Crippen LogP contribution in [0.25, 0.3) is 11.0 Å². The van der Waals surface area contributed by atoms with Gasteiger partial charge in [0.1, 0.15) is 0 Å². The quantitative estimate of drug-likeness (QED) is 0.693. The Morgan fingerprint density at radius 1 is 1.53 bits per heavy atom. The number of benzene rings is 1. The third-order valence-electron chi connectivity index (χ3n) is 1.90. The van der Waals surface area contributed by atoms with Crippen LogP contribution in [0.5, 0.6) is 0 Å². The van der Waals surface area contributed by atoms with Crippen LogP contribution < -0.4 is 10.6 Å². The number of hydrogen-bond donors (Lipinski definition) is 3. The van der Waals surface area contributed by atoms with E-state index in [-0.39, 0.29) is 6.03 Å². The molecule has 1 heterocycles. The maximum atomic E-state index is 11.0. The summed E-state index contributed by atoms with van der Waals surface area (Å²) in [6, 6.07) is 4.96. The number of aromatic nitrogens is 2. The highest BCUT2D eigenvalue weighted by Crippen LogP contribution is 2.18. The van der Waals surface area contributed by atoms with Gasteiger partial charge < -0.3 is 10.3 Å². The number of nitrogens with one attached hydrogen (secondary N) is 3. The minimum atomic E-state index is -0.319. The molecule has 15 heavy (non-hydrogen) atoms. The standard InChI is InChI=1S/C9H9ClN4O/c1-11-9(15)14-8-12-6-3-2-5(10)4-7(6)13-8/h2-4H,1H3,(H3,11,12,13,14,15). The molecule has 78 valence electrons. The van der Waals surface area contributed by atoms with Gasteiger partial charge in [0.2, 0.25) is 5.95 Å². The van der Waals surface area contributed by atoms with Gasteiger partial charge in [-0.2, -0.15) is 0 Å². The van der Waals surface area contributed by atoms with E-state index >= 15 is 0 Å². The third-order valence-corrected chi connectivity index (χ3v) is 2.14. The second-order valence-corrected chi connectivity index (χ2v) is 3.39. The van der Waals surface area contributed by atoms with Crippen LogP contribution in [-0.4, -0.2) is 23.0 Å². The van der Waals surface area contributed by atoms with E-state index in [1.807, 2.05) is 0 Å². The van der Waals surface area contributed by atoms with Crippen LogP contribution in [0.4, 0.5) is 10.7 Å². The first-order valence-corrected chi connectivity index (χ1v) is 4.71.